The molecule has 5 heteroatoms. The first-order valence-electron chi connectivity index (χ1n) is 9.95. The van der Waals surface area contributed by atoms with Crippen LogP contribution in [0, 0.1) is 0 Å². The van der Waals surface area contributed by atoms with Crippen molar-refractivity contribution in [3.63, 3.8) is 0 Å². The minimum absolute atomic E-state index is 0.00538. The zero-order chi connectivity index (χ0) is 18.8. The Labute approximate surface area is 175 Å². The third-order valence-corrected chi connectivity index (χ3v) is 7.97. The lowest BCUT2D eigenvalue weighted by atomic mass is 9.88. The minimum atomic E-state index is 0.00538. The molecule has 3 nitrogen and oxygen atoms in total. The first-order chi connectivity index (χ1) is 13.9. The number of thioether (sulfide) groups is 2. The Balaban J connectivity index is 1.29. The lowest BCUT2D eigenvalue weighted by Crippen LogP contribution is -2.38. The van der Waals surface area contributed by atoms with E-state index in [4.69, 9.17) is 9.47 Å². The average molecular weight is 412 g/mol. The van der Waals surface area contributed by atoms with Crippen LogP contribution >= 0.6 is 23.5 Å². The van der Waals surface area contributed by atoms with Crippen molar-refractivity contribution in [2.24, 2.45) is 0 Å². The topological polar surface area (TPSA) is 21.7 Å². The van der Waals surface area contributed by atoms with Crippen LogP contribution in [-0.4, -0.2) is 55.7 Å². The summed E-state index contributed by atoms with van der Waals surface area (Å²) >= 11 is 3.74. The van der Waals surface area contributed by atoms with Crippen molar-refractivity contribution in [3.05, 3.63) is 80.5 Å². The van der Waals surface area contributed by atoms with E-state index in [1.54, 1.807) is 11.8 Å². The molecule has 1 unspecified atom stereocenters. The Morgan fingerprint density at radius 2 is 2.04 bits per heavy atom. The van der Waals surface area contributed by atoms with Crippen LogP contribution in [-0.2, 0) is 9.47 Å². The van der Waals surface area contributed by atoms with E-state index in [0.717, 1.165) is 45.9 Å². The second-order valence-electron chi connectivity index (χ2n) is 7.47. The Morgan fingerprint density at radius 3 is 2.96 bits per heavy atom. The molecule has 1 spiro atoms. The maximum Gasteiger partial charge on any atom is 0.0776 e. The van der Waals surface area contributed by atoms with Crippen molar-refractivity contribution in [3.8, 4) is 0 Å². The molecule has 146 valence electrons. The molecule has 5 rings (SSSR count). The lowest BCUT2D eigenvalue weighted by Gasteiger charge is -2.35. The van der Waals surface area contributed by atoms with Gasteiger partial charge in [-0.1, -0.05) is 30.4 Å². The molecule has 2 aliphatic carbocycles. The van der Waals surface area contributed by atoms with Gasteiger partial charge in [-0.2, -0.15) is 0 Å². The minimum Gasteiger partial charge on any atom is -0.379 e. The standard InChI is InChI=1S/C23H25NO2S2/c1-2-22-21-7-15-27-17-18(21)3-4-19-5-6-20(28-23(19,22)8-1)16-26-14-11-24-9-12-25-13-10-24/h1-7,15,17H,8-14,16H2. The van der Waals surface area contributed by atoms with E-state index in [1.807, 2.05) is 11.8 Å². The highest BCUT2D eigenvalue weighted by molar-refractivity contribution is 8.05. The van der Waals surface area contributed by atoms with Gasteiger partial charge in [0.25, 0.3) is 0 Å². The van der Waals surface area contributed by atoms with Gasteiger partial charge < -0.3 is 9.47 Å². The molecule has 28 heavy (non-hydrogen) atoms. The summed E-state index contributed by atoms with van der Waals surface area (Å²) in [4.78, 5) is 3.74. The van der Waals surface area contributed by atoms with Crippen molar-refractivity contribution in [1.82, 2.24) is 4.90 Å². The molecule has 5 aliphatic rings. The van der Waals surface area contributed by atoms with E-state index in [-0.39, 0.29) is 4.75 Å². The summed E-state index contributed by atoms with van der Waals surface area (Å²) in [6.07, 6.45) is 17.1. The molecule has 1 saturated heterocycles. The molecule has 0 saturated carbocycles. The van der Waals surface area contributed by atoms with Crippen LogP contribution in [0.3, 0.4) is 0 Å². The quantitative estimate of drug-likeness (QED) is 0.615. The average Bonchev–Trinajstić information content (AvgIpc) is 3.09. The second kappa shape index (κ2) is 8.25. The molecule has 0 radical (unpaired) electrons. The number of morpholine rings is 1. The van der Waals surface area contributed by atoms with Gasteiger partial charge in [0.2, 0.25) is 0 Å². The number of ether oxygens (including phenoxy) is 2. The smallest absolute Gasteiger partial charge is 0.0776 e. The van der Waals surface area contributed by atoms with E-state index < -0.39 is 0 Å². The van der Waals surface area contributed by atoms with Crippen LogP contribution < -0.4 is 0 Å². The highest BCUT2D eigenvalue weighted by Gasteiger charge is 2.43. The summed E-state index contributed by atoms with van der Waals surface area (Å²) in [7, 11) is 0. The van der Waals surface area contributed by atoms with Crippen molar-refractivity contribution in [2.45, 2.75) is 11.2 Å². The van der Waals surface area contributed by atoms with Crippen LogP contribution in [0.25, 0.3) is 0 Å². The molecule has 0 aromatic heterocycles. The van der Waals surface area contributed by atoms with Gasteiger partial charge in [-0.3, -0.25) is 4.90 Å². The fourth-order valence-corrected chi connectivity index (χ4v) is 6.38. The van der Waals surface area contributed by atoms with Crippen LogP contribution in [0.15, 0.2) is 80.5 Å². The normalized spacial score (nSPS) is 28.9. The van der Waals surface area contributed by atoms with E-state index in [0.29, 0.717) is 6.61 Å². The third-order valence-electron chi connectivity index (χ3n) is 5.80. The Bertz CT molecular complexity index is 856. The summed E-state index contributed by atoms with van der Waals surface area (Å²) in [6.45, 7) is 6.20. The molecule has 0 aromatic carbocycles. The predicted molar refractivity (Wildman–Crippen MR) is 119 cm³/mol. The molecule has 0 N–H and O–H groups in total. The van der Waals surface area contributed by atoms with Crippen LogP contribution in [0.2, 0.25) is 0 Å². The molecule has 3 heterocycles. The van der Waals surface area contributed by atoms with Crippen LogP contribution in [0.4, 0.5) is 0 Å². The fraction of sp³-hybridized carbons (Fsp3) is 0.391. The number of allylic oxidation sites excluding steroid dienone is 9. The summed E-state index contributed by atoms with van der Waals surface area (Å²) in [5.41, 5.74) is 5.54. The first-order valence-corrected chi connectivity index (χ1v) is 11.7. The molecule has 0 bridgehead atoms. The summed E-state index contributed by atoms with van der Waals surface area (Å²) in [6, 6.07) is 0. The fourth-order valence-electron chi connectivity index (χ4n) is 4.29. The molecule has 3 aliphatic heterocycles. The van der Waals surface area contributed by atoms with Crippen molar-refractivity contribution < 1.29 is 9.47 Å². The van der Waals surface area contributed by atoms with Gasteiger partial charge in [0, 0.05) is 24.5 Å². The van der Waals surface area contributed by atoms with Crippen molar-refractivity contribution in [1.29, 1.82) is 0 Å². The van der Waals surface area contributed by atoms with E-state index in [2.05, 4.69) is 58.2 Å². The van der Waals surface area contributed by atoms with Crippen LogP contribution in [0.5, 0.6) is 0 Å². The monoisotopic (exact) mass is 411 g/mol. The highest BCUT2D eigenvalue weighted by atomic mass is 32.2. The third kappa shape index (κ3) is 3.55. The maximum absolute atomic E-state index is 6.05. The van der Waals surface area contributed by atoms with Gasteiger partial charge in [-0.25, -0.2) is 0 Å². The van der Waals surface area contributed by atoms with E-state index in [9.17, 15) is 0 Å². The molecule has 0 aromatic rings. The predicted octanol–water partition coefficient (Wildman–Crippen LogP) is 4.60. The number of nitrogens with zero attached hydrogens (tertiary/aromatic N) is 1. The van der Waals surface area contributed by atoms with Gasteiger partial charge >= 0.3 is 0 Å². The summed E-state index contributed by atoms with van der Waals surface area (Å²) < 4.78 is 11.5. The zero-order valence-corrected chi connectivity index (χ0v) is 17.6. The second-order valence-corrected chi connectivity index (χ2v) is 9.68. The molecular weight excluding hydrogens is 386 g/mol. The zero-order valence-electron chi connectivity index (χ0n) is 15.9. The van der Waals surface area contributed by atoms with Gasteiger partial charge in [-0.15, -0.1) is 23.5 Å². The van der Waals surface area contributed by atoms with Gasteiger partial charge in [0.05, 0.1) is 31.2 Å². The van der Waals surface area contributed by atoms with Gasteiger partial charge in [0.15, 0.2) is 0 Å². The van der Waals surface area contributed by atoms with Gasteiger partial charge in [0.1, 0.15) is 0 Å². The first kappa shape index (κ1) is 18.8. The molecule has 1 atom stereocenters. The lowest BCUT2D eigenvalue weighted by molar-refractivity contribution is 0.0232. The van der Waals surface area contributed by atoms with E-state index >= 15 is 0 Å². The number of hydrogen-bond acceptors (Lipinski definition) is 5. The van der Waals surface area contributed by atoms with Crippen molar-refractivity contribution >= 4 is 23.5 Å². The Hall–Kier alpha value is -1.24. The number of rotatable bonds is 5. The SMILES string of the molecule is C1=CC2=C3C=CSC=C3C=CC3=CC=C(COCCN4CCOCC4)SC32C1. The highest BCUT2D eigenvalue weighted by Crippen LogP contribution is 2.55. The largest absolute Gasteiger partial charge is 0.379 e. The number of fused-ring (bicyclic) bond motifs is 1. The van der Waals surface area contributed by atoms with Gasteiger partial charge in [-0.05, 0) is 51.7 Å². The summed E-state index contributed by atoms with van der Waals surface area (Å²) in [5.74, 6) is 0. The molecule has 0 amide bonds. The molecule has 1 fully saturated rings. The number of hydrogen-bond donors (Lipinski definition) is 0. The van der Waals surface area contributed by atoms with Crippen molar-refractivity contribution in [2.75, 3.05) is 46.1 Å². The molecular formula is C23H25NO2S2. The Kier molecular flexibility index (Phi) is 5.53. The van der Waals surface area contributed by atoms with E-state index in [1.165, 1.54) is 27.2 Å². The maximum atomic E-state index is 6.05. The summed E-state index contributed by atoms with van der Waals surface area (Å²) in [5, 5.41) is 4.44. The Morgan fingerprint density at radius 1 is 1.11 bits per heavy atom. The van der Waals surface area contributed by atoms with Crippen LogP contribution in [0.1, 0.15) is 6.42 Å².